The second kappa shape index (κ2) is 6.68. The van der Waals surface area contributed by atoms with Gasteiger partial charge in [-0.2, -0.15) is 0 Å². The largest absolute Gasteiger partial charge is 0.359 e. The van der Waals surface area contributed by atoms with Gasteiger partial charge in [-0.3, -0.25) is 4.99 Å². The molecular weight excluding hydrogens is 174 g/mol. The Hall–Kier alpha value is -0.730. The highest BCUT2D eigenvalue weighted by molar-refractivity contribution is 5.79. The Morgan fingerprint density at radius 1 is 1.07 bits per heavy atom. The van der Waals surface area contributed by atoms with Crippen molar-refractivity contribution < 1.29 is 0 Å². The van der Waals surface area contributed by atoms with Crippen LogP contribution in [0, 0.1) is 0 Å². The third-order valence-electron chi connectivity index (χ3n) is 2.91. The molecule has 1 rings (SSSR count). The zero-order valence-corrected chi connectivity index (χ0v) is 9.47. The van der Waals surface area contributed by atoms with Gasteiger partial charge in [0.05, 0.1) is 0 Å². The molecule has 0 unspecified atom stereocenters. The topological polar surface area (TPSA) is 36.4 Å². The summed E-state index contributed by atoms with van der Waals surface area (Å²) < 4.78 is 0. The minimum absolute atomic E-state index is 0.626. The molecule has 0 aliphatic heterocycles. The Balaban J connectivity index is 2.33. The monoisotopic (exact) mass is 197 g/mol. The quantitative estimate of drug-likeness (QED) is 0.497. The molecule has 0 bridgehead atoms. The number of hydrogen-bond acceptors (Lipinski definition) is 1. The van der Waals surface area contributed by atoms with Crippen LogP contribution in [-0.4, -0.2) is 26.1 Å². The van der Waals surface area contributed by atoms with Crippen molar-refractivity contribution in [2.24, 2.45) is 4.99 Å². The third-order valence-corrected chi connectivity index (χ3v) is 2.91. The molecule has 0 radical (unpaired) electrons. The SMILES string of the molecule is CN=C(NC)NC1CCCCCCC1. The van der Waals surface area contributed by atoms with E-state index < -0.39 is 0 Å². The van der Waals surface area contributed by atoms with Crippen molar-refractivity contribution in [3.05, 3.63) is 0 Å². The first-order valence-electron chi connectivity index (χ1n) is 5.78. The zero-order chi connectivity index (χ0) is 10.2. The van der Waals surface area contributed by atoms with Crippen LogP contribution in [0.25, 0.3) is 0 Å². The summed E-state index contributed by atoms with van der Waals surface area (Å²) in [6.45, 7) is 0. The highest BCUT2D eigenvalue weighted by Crippen LogP contribution is 2.16. The minimum atomic E-state index is 0.626. The Morgan fingerprint density at radius 2 is 1.64 bits per heavy atom. The van der Waals surface area contributed by atoms with Crippen molar-refractivity contribution in [2.75, 3.05) is 14.1 Å². The maximum Gasteiger partial charge on any atom is 0.190 e. The molecule has 3 heteroatoms. The summed E-state index contributed by atoms with van der Waals surface area (Å²) in [5.74, 6) is 0.926. The smallest absolute Gasteiger partial charge is 0.190 e. The van der Waals surface area contributed by atoms with Gasteiger partial charge >= 0.3 is 0 Å². The van der Waals surface area contributed by atoms with Gasteiger partial charge in [0.1, 0.15) is 0 Å². The molecule has 1 aliphatic carbocycles. The molecule has 0 spiro atoms. The molecule has 0 saturated heterocycles. The fourth-order valence-corrected chi connectivity index (χ4v) is 2.04. The average molecular weight is 197 g/mol. The Kier molecular flexibility index (Phi) is 5.42. The number of hydrogen-bond donors (Lipinski definition) is 2. The van der Waals surface area contributed by atoms with Gasteiger partial charge in [0.25, 0.3) is 0 Å². The van der Waals surface area contributed by atoms with Crippen molar-refractivity contribution in [2.45, 2.75) is 51.0 Å². The van der Waals surface area contributed by atoms with Crippen LogP contribution in [0.4, 0.5) is 0 Å². The van der Waals surface area contributed by atoms with Crippen molar-refractivity contribution in [3.63, 3.8) is 0 Å². The van der Waals surface area contributed by atoms with E-state index in [1.165, 1.54) is 44.9 Å². The van der Waals surface area contributed by atoms with E-state index in [0.29, 0.717) is 6.04 Å². The van der Waals surface area contributed by atoms with Crippen LogP contribution in [0.1, 0.15) is 44.9 Å². The fourth-order valence-electron chi connectivity index (χ4n) is 2.04. The first-order chi connectivity index (χ1) is 6.86. The predicted molar refractivity (Wildman–Crippen MR) is 61.7 cm³/mol. The summed E-state index contributed by atoms with van der Waals surface area (Å²) in [6.07, 6.45) is 9.53. The highest BCUT2D eigenvalue weighted by Gasteiger charge is 2.11. The Morgan fingerprint density at radius 3 is 2.14 bits per heavy atom. The van der Waals surface area contributed by atoms with Crippen LogP contribution >= 0.6 is 0 Å². The van der Waals surface area contributed by atoms with Crippen LogP contribution in [-0.2, 0) is 0 Å². The lowest BCUT2D eigenvalue weighted by Crippen LogP contribution is -2.42. The van der Waals surface area contributed by atoms with Crippen LogP contribution in [0.3, 0.4) is 0 Å². The summed E-state index contributed by atoms with van der Waals surface area (Å²) in [6, 6.07) is 0.626. The van der Waals surface area contributed by atoms with Gasteiger partial charge in [-0.1, -0.05) is 32.1 Å². The summed E-state index contributed by atoms with van der Waals surface area (Å²) >= 11 is 0. The number of nitrogens with one attached hydrogen (secondary N) is 2. The third kappa shape index (κ3) is 3.99. The van der Waals surface area contributed by atoms with Gasteiger partial charge in [0, 0.05) is 20.1 Å². The number of aliphatic imine (C=N–C) groups is 1. The summed E-state index contributed by atoms with van der Waals surface area (Å²) in [5.41, 5.74) is 0. The van der Waals surface area contributed by atoms with Crippen LogP contribution < -0.4 is 10.6 Å². The fraction of sp³-hybridized carbons (Fsp3) is 0.909. The molecule has 14 heavy (non-hydrogen) atoms. The van der Waals surface area contributed by atoms with Gasteiger partial charge in [0.2, 0.25) is 0 Å². The van der Waals surface area contributed by atoms with Gasteiger partial charge in [-0.15, -0.1) is 0 Å². The van der Waals surface area contributed by atoms with Crippen LogP contribution in [0.2, 0.25) is 0 Å². The predicted octanol–water partition coefficient (Wildman–Crippen LogP) is 1.89. The molecule has 0 aromatic carbocycles. The van der Waals surface area contributed by atoms with Gasteiger partial charge in [-0.05, 0) is 12.8 Å². The molecule has 3 nitrogen and oxygen atoms in total. The van der Waals surface area contributed by atoms with E-state index in [4.69, 9.17) is 0 Å². The number of rotatable bonds is 1. The maximum absolute atomic E-state index is 4.15. The lowest BCUT2D eigenvalue weighted by atomic mass is 9.97. The minimum Gasteiger partial charge on any atom is -0.359 e. The van der Waals surface area contributed by atoms with Crippen molar-refractivity contribution >= 4 is 5.96 Å². The van der Waals surface area contributed by atoms with Crippen LogP contribution in [0.15, 0.2) is 4.99 Å². The second-order valence-corrected chi connectivity index (χ2v) is 4.01. The Bertz CT molecular complexity index is 169. The van der Waals surface area contributed by atoms with E-state index >= 15 is 0 Å². The highest BCUT2D eigenvalue weighted by atomic mass is 15.2. The molecular formula is C11H23N3. The van der Waals surface area contributed by atoms with Crippen molar-refractivity contribution in [3.8, 4) is 0 Å². The van der Waals surface area contributed by atoms with Gasteiger partial charge < -0.3 is 10.6 Å². The van der Waals surface area contributed by atoms with E-state index in [9.17, 15) is 0 Å². The van der Waals surface area contributed by atoms with Gasteiger partial charge in [0.15, 0.2) is 5.96 Å². The van der Waals surface area contributed by atoms with E-state index in [2.05, 4.69) is 15.6 Å². The first kappa shape index (κ1) is 11.3. The number of nitrogens with zero attached hydrogens (tertiary/aromatic N) is 1. The summed E-state index contributed by atoms with van der Waals surface area (Å²) in [4.78, 5) is 4.15. The first-order valence-corrected chi connectivity index (χ1v) is 5.78. The molecule has 1 saturated carbocycles. The average Bonchev–Trinajstić information content (AvgIpc) is 2.16. The van der Waals surface area contributed by atoms with Crippen molar-refractivity contribution in [1.82, 2.24) is 10.6 Å². The normalized spacial score (nSPS) is 21.1. The lowest BCUT2D eigenvalue weighted by molar-refractivity contribution is 0.426. The molecule has 1 aliphatic rings. The standard InChI is InChI=1S/C11H23N3/c1-12-11(13-2)14-10-8-6-4-3-5-7-9-10/h10H,3-9H2,1-2H3,(H2,12,13,14). The van der Waals surface area contributed by atoms with Crippen LogP contribution in [0.5, 0.6) is 0 Å². The molecule has 0 aromatic rings. The zero-order valence-electron chi connectivity index (χ0n) is 9.47. The van der Waals surface area contributed by atoms with E-state index in [1.807, 2.05) is 14.1 Å². The maximum atomic E-state index is 4.15. The number of guanidine groups is 1. The lowest BCUT2D eigenvalue weighted by Gasteiger charge is -2.22. The molecule has 0 amide bonds. The molecule has 1 fully saturated rings. The summed E-state index contributed by atoms with van der Waals surface area (Å²) in [7, 11) is 3.74. The Labute approximate surface area is 87.4 Å². The molecule has 2 N–H and O–H groups in total. The van der Waals surface area contributed by atoms with E-state index in [-0.39, 0.29) is 0 Å². The molecule has 0 heterocycles. The van der Waals surface area contributed by atoms with E-state index in [0.717, 1.165) is 5.96 Å². The summed E-state index contributed by atoms with van der Waals surface area (Å²) in [5, 5.41) is 6.54. The molecule has 0 atom stereocenters. The molecule has 82 valence electrons. The second-order valence-electron chi connectivity index (χ2n) is 4.01. The van der Waals surface area contributed by atoms with Crippen molar-refractivity contribution in [1.29, 1.82) is 0 Å². The van der Waals surface area contributed by atoms with Gasteiger partial charge in [-0.25, -0.2) is 0 Å². The molecule has 0 aromatic heterocycles. The van der Waals surface area contributed by atoms with E-state index in [1.54, 1.807) is 0 Å².